The number of para-hydroxylation sites is 2. The number of nitrogens with zero attached hydrogens (tertiary/aromatic N) is 4. The highest BCUT2D eigenvalue weighted by Crippen LogP contribution is 2.34. The molecule has 0 unspecified atom stereocenters. The topological polar surface area (TPSA) is 115 Å². The summed E-state index contributed by atoms with van der Waals surface area (Å²) in [6, 6.07) is 12.7. The van der Waals surface area contributed by atoms with E-state index in [1.54, 1.807) is 23.1 Å². The number of methoxy groups -OCH3 is 2. The quantitative estimate of drug-likeness (QED) is 0.428. The molecule has 222 valence electrons. The molecule has 0 saturated carbocycles. The molecule has 2 aliphatic rings. The fraction of sp³-hybridized carbons (Fsp3) is 0.400. The third-order valence-electron chi connectivity index (χ3n) is 7.92. The van der Waals surface area contributed by atoms with Gasteiger partial charge in [-0.2, -0.15) is 0 Å². The molecule has 12 heteroatoms. The Morgan fingerprint density at radius 1 is 1.00 bits per heavy atom. The standard InChI is InChI=1S/C30H34ClN5O6/c1-41-17-16-36-28(38)23(22-7-5-8-24(31)27(22)42-2)18-34(30(36)40)19-26(37)33-13-11-21(12-14-33)35-15-10-20-6-3-4-9-25(20)32-29(35)39/h3-9,18,21H,10-17,19H2,1-2H3,(H,32,39). The molecule has 0 bridgehead atoms. The summed E-state index contributed by atoms with van der Waals surface area (Å²) < 4.78 is 12.9. The number of anilines is 1. The van der Waals surface area contributed by atoms with E-state index in [1.807, 2.05) is 29.2 Å². The maximum atomic E-state index is 13.4. The minimum absolute atomic E-state index is 0.00364. The molecular formula is C30H34ClN5O6. The number of hydrogen-bond acceptors (Lipinski definition) is 6. The zero-order valence-electron chi connectivity index (χ0n) is 23.7. The van der Waals surface area contributed by atoms with Crippen molar-refractivity contribution in [3.63, 3.8) is 0 Å². The van der Waals surface area contributed by atoms with Crippen LogP contribution in [0.3, 0.4) is 0 Å². The van der Waals surface area contributed by atoms with Crippen LogP contribution in [0.25, 0.3) is 11.1 Å². The van der Waals surface area contributed by atoms with E-state index in [1.165, 1.54) is 25.0 Å². The molecule has 5 rings (SSSR count). The zero-order chi connectivity index (χ0) is 29.8. The highest BCUT2D eigenvalue weighted by atomic mass is 35.5. The van der Waals surface area contributed by atoms with Gasteiger partial charge < -0.3 is 24.6 Å². The van der Waals surface area contributed by atoms with Crippen LogP contribution >= 0.6 is 11.6 Å². The highest BCUT2D eigenvalue weighted by molar-refractivity contribution is 6.32. The van der Waals surface area contributed by atoms with E-state index in [9.17, 15) is 19.2 Å². The molecule has 42 heavy (non-hydrogen) atoms. The summed E-state index contributed by atoms with van der Waals surface area (Å²) in [5.41, 5.74) is 1.41. The van der Waals surface area contributed by atoms with Crippen molar-refractivity contribution >= 4 is 29.2 Å². The summed E-state index contributed by atoms with van der Waals surface area (Å²) >= 11 is 6.31. The van der Waals surface area contributed by atoms with Crippen LogP contribution in [-0.4, -0.2) is 77.4 Å². The van der Waals surface area contributed by atoms with Gasteiger partial charge in [0.25, 0.3) is 5.56 Å². The van der Waals surface area contributed by atoms with Crippen molar-refractivity contribution in [1.29, 1.82) is 0 Å². The lowest BCUT2D eigenvalue weighted by molar-refractivity contribution is -0.133. The van der Waals surface area contributed by atoms with Crippen LogP contribution in [0.4, 0.5) is 10.5 Å². The Labute approximate surface area is 248 Å². The predicted octanol–water partition coefficient (Wildman–Crippen LogP) is 3.07. The maximum Gasteiger partial charge on any atom is 0.331 e. The number of benzene rings is 2. The Balaban J connectivity index is 1.33. The molecule has 2 aromatic carbocycles. The Kier molecular flexibility index (Phi) is 8.98. The number of aromatic nitrogens is 2. The van der Waals surface area contributed by atoms with Gasteiger partial charge in [0.1, 0.15) is 12.3 Å². The summed E-state index contributed by atoms with van der Waals surface area (Å²) in [5, 5.41) is 3.33. The third kappa shape index (κ3) is 5.93. The summed E-state index contributed by atoms with van der Waals surface area (Å²) in [4.78, 5) is 56.7. The molecule has 1 aromatic heterocycles. The first kappa shape index (κ1) is 29.4. The Morgan fingerprint density at radius 2 is 1.76 bits per heavy atom. The van der Waals surface area contributed by atoms with Gasteiger partial charge in [-0.1, -0.05) is 41.9 Å². The molecule has 1 N–H and O–H groups in total. The van der Waals surface area contributed by atoms with Crippen molar-refractivity contribution in [2.75, 3.05) is 45.8 Å². The molecule has 0 spiro atoms. The minimum atomic E-state index is -0.606. The Bertz CT molecular complexity index is 1590. The molecule has 1 saturated heterocycles. The molecule has 0 atom stereocenters. The Morgan fingerprint density at radius 3 is 2.50 bits per heavy atom. The van der Waals surface area contributed by atoms with Crippen molar-refractivity contribution in [2.24, 2.45) is 0 Å². The summed E-state index contributed by atoms with van der Waals surface area (Å²) in [6.07, 6.45) is 3.41. The number of likely N-dealkylation sites (tertiary alicyclic amines) is 1. The number of urea groups is 1. The average Bonchev–Trinajstić information content (AvgIpc) is 3.16. The fourth-order valence-electron chi connectivity index (χ4n) is 5.67. The smallest absolute Gasteiger partial charge is 0.331 e. The van der Waals surface area contributed by atoms with E-state index in [0.29, 0.717) is 48.8 Å². The van der Waals surface area contributed by atoms with Crippen LogP contribution in [0.15, 0.2) is 58.3 Å². The second-order valence-corrected chi connectivity index (χ2v) is 10.8. The largest absolute Gasteiger partial charge is 0.495 e. The zero-order valence-corrected chi connectivity index (χ0v) is 24.4. The van der Waals surface area contributed by atoms with Gasteiger partial charge in [0.2, 0.25) is 5.91 Å². The van der Waals surface area contributed by atoms with Crippen LogP contribution < -0.4 is 21.3 Å². The van der Waals surface area contributed by atoms with Crippen molar-refractivity contribution in [2.45, 2.75) is 38.4 Å². The van der Waals surface area contributed by atoms with E-state index in [0.717, 1.165) is 22.2 Å². The molecule has 3 aromatic rings. The van der Waals surface area contributed by atoms with Gasteiger partial charge in [-0.3, -0.25) is 18.7 Å². The molecule has 0 radical (unpaired) electrons. The lowest BCUT2D eigenvalue weighted by Crippen LogP contribution is -2.51. The number of halogens is 1. The van der Waals surface area contributed by atoms with Crippen LogP contribution in [0.1, 0.15) is 18.4 Å². The van der Waals surface area contributed by atoms with Crippen molar-refractivity contribution in [3.8, 4) is 16.9 Å². The lowest BCUT2D eigenvalue weighted by atomic mass is 10.0. The number of ether oxygens (including phenoxy) is 2. The van der Waals surface area contributed by atoms with Gasteiger partial charge in [-0.15, -0.1) is 0 Å². The van der Waals surface area contributed by atoms with Gasteiger partial charge in [-0.05, 0) is 37.0 Å². The van der Waals surface area contributed by atoms with Gasteiger partial charge in [0, 0.05) is 50.2 Å². The van der Waals surface area contributed by atoms with Gasteiger partial charge >= 0.3 is 11.7 Å². The van der Waals surface area contributed by atoms with E-state index in [4.69, 9.17) is 21.1 Å². The number of fused-ring (bicyclic) bond motifs is 1. The first-order valence-corrected chi connectivity index (χ1v) is 14.3. The molecule has 3 amide bonds. The van der Waals surface area contributed by atoms with Crippen molar-refractivity contribution in [3.05, 3.63) is 80.1 Å². The van der Waals surface area contributed by atoms with Crippen LogP contribution in [-0.2, 0) is 29.0 Å². The normalized spacial score (nSPS) is 15.6. The number of carbonyl (C=O) groups is 2. The number of rotatable bonds is 8. The van der Waals surface area contributed by atoms with E-state index in [2.05, 4.69) is 5.32 Å². The van der Waals surface area contributed by atoms with Gasteiger partial charge in [0.05, 0.1) is 30.8 Å². The average molecular weight is 596 g/mol. The number of hydrogen-bond donors (Lipinski definition) is 1. The molecule has 2 aliphatic heterocycles. The molecule has 0 aliphatic carbocycles. The first-order valence-electron chi connectivity index (χ1n) is 13.9. The lowest BCUT2D eigenvalue weighted by Gasteiger charge is -2.38. The van der Waals surface area contributed by atoms with Crippen molar-refractivity contribution < 1.29 is 19.1 Å². The molecular weight excluding hydrogens is 562 g/mol. The number of nitrogens with one attached hydrogen (secondary N) is 1. The fourth-order valence-corrected chi connectivity index (χ4v) is 5.92. The van der Waals surface area contributed by atoms with Crippen LogP contribution in [0.2, 0.25) is 5.02 Å². The SMILES string of the molecule is COCCn1c(=O)c(-c2cccc(Cl)c2OC)cn(CC(=O)N2CCC(N3CCc4ccccc4NC3=O)CC2)c1=O. The number of carbonyl (C=O) groups excluding carboxylic acids is 2. The van der Waals surface area contributed by atoms with Gasteiger partial charge in [0.15, 0.2) is 0 Å². The second kappa shape index (κ2) is 12.8. The Hall–Kier alpha value is -4.09. The highest BCUT2D eigenvalue weighted by Gasteiger charge is 2.31. The first-order chi connectivity index (χ1) is 20.3. The summed E-state index contributed by atoms with van der Waals surface area (Å²) in [6.45, 7) is 1.43. The van der Waals surface area contributed by atoms with E-state index >= 15 is 0 Å². The molecule has 1 fully saturated rings. The van der Waals surface area contributed by atoms with E-state index in [-0.39, 0.29) is 43.2 Å². The van der Waals surface area contributed by atoms with Crippen LogP contribution in [0.5, 0.6) is 5.75 Å². The third-order valence-corrected chi connectivity index (χ3v) is 8.22. The number of piperidine rings is 1. The monoisotopic (exact) mass is 595 g/mol. The summed E-state index contributed by atoms with van der Waals surface area (Å²) in [7, 11) is 2.93. The predicted molar refractivity (Wildman–Crippen MR) is 159 cm³/mol. The number of amides is 3. The van der Waals surface area contributed by atoms with Crippen LogP contribution in [0, 0.1) is 0 Å². The van der Waals surface area contributed by atoms with Crippen molar-refractivity contribution in [1.82, 2.24) is 18.9 Å². The maximum absolute atomic E-state index is 13.4. The van der Waals surface area contributed by atoms with E-state index < -0.39 is 11.2 Å². The second-order valence-electron chi connectivity index (χ2n) is 10.4. The molecule has 11 nitrogen and oxygen atoms in total. The van der Waals surface area contributed by atoms with Gasteiger partial charge in [-0.25, -0.2) is 9.59 Å². The molecule has 3 heterocycles. The summed E-state index contributed by atoms with van der Waals surface area (Å²) in [5.74, 6) is 0.0537. The minimum Gasteiger partial charge on any atom is -0.495 e.